The van der Waals surface area contributed by atoms with E-state index in [4.69, 9.17) is 5.26 Å². The van der Waals surface area contributed by atoms with Crippen LogP contribution in [0.3, 0.4) is 0 Å². The second-order valence-electron chi connectivity index (χ2n) is 7.86. The van der Waals surface area contributed by atoms with Gasteiger partial charge in [0, 0.05) is 18.4 Å². The summed E-state index contributed by atoms with van der Waals surface area (Å²) in [5, 5.41) is 27.4. The lowest BCUT2D eigenvalue weighted by atomic mass is 9.86. The van der Waals surface area contributed by atoms with Crippen LogP contribution in [0.2, 0.25) is 0 Å². The Hall–Kier alpha value is -3.32. The normalized spacial score (nSPS) is 12.3. The van der Waals surface area contributed by atoms with Crippen molar-refractivity contribution in [3.8, 4) is 6.07 Å². The van der Waals surface area contributed by atoms with Crippen molar-refractivity contribution >= 4 is 39.2 Å². The average molecular weight is 426 g/mol. The van der Waals surface area contributed by atoms with Gasteiger partial charge in [-0.15, -0.1) is 10.2 Å². The molecular weight excluding hydrogens is 402 g/mol. The maximum atomic E-state index is 13.1. The number of fused-ring (bicyclic) bond motifs is 1. The third-order valence-corrected chi connectivity index (χ3v) is 5.13. The molecule has 0 fully saturated rings. The molecule has 0 spiro atoms. The number of hydrogen-bond donors (Lipinski definition) is 2. The molecule has 30 heavy (non-hydrogen) atoms. The number of aryl methyl sites for hydroxylation is 1. The molecule has 0 saturated heterocycles. The molecule has 0 saturated carbocycles. The fourth-order valence-electron chi connectivity index (χ4n) is 3.05. The van der Waals surface area contributed by atoms with Crippen molar-refractivity contribution < 1.29 is 9.59 Å². The van der Waals surface area contributed by atoms with E-state index in [2.05, 4.69) is 32.0 Å². The number of nitrogens with one attached hydrogen (secondary N) is 2. The van der Waals surface area contributed by atoms with Gasteiger partial charge in [-0.1, -0.05) is 50.3 Å². The number of amides is 2. The van der Waals surface area contributed by atoms with Crippen molar-refractivity contribution in [2.45, 2.75) is 46.2 Å². The minimum Gasteiger partial charge on any atom is -0.338 e. The molecule has 0 bridgehead atoms. The highest BCUT2D eigenvalue weighted by Crippen LogP contribution is 2.24. The van der Waals surface area contributed by atoms with Crippen LogP contribution < -0.4 is 10.6 Å². The van der Waals surface area contributed by atoms with Gasteiger partial charge < -0.3 is 5.32 Å². The second kappa shape index (κ2) is 9.00. The zero-order chi connectivity index (χ0) is 21.7. The second-order valence-corrected chi connectivity index (χ2v) is 8.69. The van der Waals surface area contributed by atoms with Crippen LogP contribution in [0.1, 0.15) is 44.1 Å². The van der Waals surface area contributed by atoms with E-state index >= 15 is 0 Å². The molecule has 3 rings (SSSR count). The highest BCUT2D eigenvalue weighted by atomic mass is 32.1. The van der Waals surface area contributed by atoms with Crippen molar-refractivity contribution in [3.05, 3.63) is 35.5 Å². The van der Waals surface area contributed by atoms with Gasteiger partial charge in [-0.05, 0) is 17.9 Å². The number of hydrogen-bond acceptors (Lipinski definition) is 7. The standard InChI is InChI=1S/C20H23N7O2S/c1-20(2,3)16(18(29)24-19-25-22-12-30-19)23-17(28)15-13-8-4-5-9-14(13)27(26-15)11-7-6-10-21/h4-5,8-9,12,16H,6-7,11H2,1-3H3,(H,23,28)(H,24,25,29)/t16-/m1/s1. The molecule has 1 aromatic carbocycles. The number of aromatic nitrogens is 4. The topological polar surface area (TPSA) is 126 Å². The summed E-state index contributed by atoms with van der Waals surface area (Å²) in [6.07, 6.45) is 1.05. The lowest BCUT2D eigenvalue weighted by Crippen LogP contribution is -2.51. The third kappa shape index (κ3) is 4.80. The number of anilines is 1. The van der Waals surface area contributed by atoms with Crippen molar-refractivity contribution in [1.29, 1.82) is 5.26 Å². The number of rotatable bonds is 7. The number of nitriles is 1. The summed E-state index contributed by atoms with van der Waals surface area (Å²) in [4.78, 5) is 25.9. The van der Waals surface area contributed by atoms with E-state index in [0.717, 1.165) is 5.52 Å². The van der Waals surface area contributed by atoms with Gasteiger partial charge in [0.05, 0.1) is 11.6 Å². The minimum absolute atomic E-state index is 0.250. The van der Waals surface area contributed by atoms with Gasteiger partial charge in [0.1, 0.15) is 11.6 Å². The molecule has 0 aliphatic carbocycles. The first kappa shape index (κ1) is 21.4. The first-order chi connectivity index (χ1) is 14.3. The Labute approximate surface area is 178 Å². The van der Waals surface area contributed by atoms with E-state index in [-0.39, 0.29) is 11.6 Å². The number of unbranched alkanes of at least 4 members (excludes halogenated alkanes) is 1. The van der Waals surface area contributed by atoms with Crippen molar-refractivity contribution in [2.24, 2.45) is 5.41 Å². The van der Waals surface area contributed by atoms with Crippen LogP contribution in [0.5, 0.6) is 0 Å². The summed E-state index contributed by atoms with van der Waals surface area (Å²) < 4.78 is 1.73. The summed E-state index contributed by atoms with van der Waals surface area (Å²) in [6.45, 7) is 6.14. The molecule has 1 atom stereocenters. The van der Waals surface area contributed by atoms with Crippen molar-refractivity contribution in [1.82, 2.24) is 25.3 Å². The summed E-state index contributed by atoms with van der Waals surface area (Å²) in [5.41, 5.74) is 2.03. The van der Waals surface area contributed by atoms with Gasteiger partial charge in [0.25, 0.3) is 5.91 Å². The van der Waals surface area contributed by atoms with E-state index in [0.29, 0.717) is 29.9 Å². The molecule has 2 amide bonds. The molecule has 10 heteroatoms. The quantitative estimate of drug-likeness (QED) is 0.561. The SMILES string of the molecule is CC(C)(C)[C@H](NC(=O)c1nn(CCCC#N)c2ccccc12)C(=O)Nc1nncs1. The van der Waals surface area contributed by atoms with E-state index in [9.17, 15) is 9.59 Å². The Kier molecular flexibility index (Phi) is 6.42. The molecule has 0 radical (unpaired) electrons. The zero-order valence-corrected chi connectivity index (χ0v) is 17.9. The van der Waals surface area contributed by atoms with Crippen LogP contribution in [0, 0.1) is 16.7 Å². The predicted molar refractivity (Wildman–Crippen MR) is 114 cm³/mol. The van der Waals surface area contributed by atoms with Crippen LogP contribution in [-0.2, 0) is 11.3 Å². The minimum atomic E-state index is -0.809. The zero-order valence-electron chi connectivity index (χ0n) is 17.0. The summed E-state index contributed by atoms with van der Waals surface area (Å²) in [6, 6.07) is 8.73. The van der Waals surface area contributed by atoms with Crippen LogP contribution in [-0.4, -0.2) is 37.8 Å². The molecule has 2 aromatic heterocycles. The molecule has 3 aromatic rings. The molecule has 9 nitrogen and oxygen atoms in total. The molecule has 0 aliphatic rings. The highest BCUT2D eigenvalue weighted by Gasteiger charge is 2.34. The number of nitrogens with zero attached hydrogens (tertiary/aromatic N) is 5. The fourth-order valence-corrected chi connectivity index (χ4v) is 3.50. The Bertz CT molecular complexity index is 1080. The Morgan fingerprint density at radius 2 is 2.07 bits per heavy atom. The van der Waals surface area contributed by atoms with E-state index < -0.39 is 17.4 Å². The van der Waals surface area contributed by atoms with Gasteiger partial charge in [0.15, 0.2) is 5.69 Å². The lowest BCUT2D eigenvalue weighted by molar-refractivity contribution is -0.120. The van der Waals surface area contributed by atoms with E-state index in [1.165, 1.54) is 16.8 Å². The number of para-hydroxylation sites is 1. The Morgan fingerprint density at radius 3 is 2.73 bits per heavy atom. The summed E-state index contributed by atoms with van der Waals surface area (Å²) in [7, 11) is 0. The average Bonchev–Trinajstić information content (AvgIpc) is 3.33. The van der Waals surface area contributed by atoms with Crippen molar-refractivity contribution in [3.63, 3.8) is 0 Å². The molecule has 0 unspecified atom stereocenters. The summed E-state index contributed by atoms with van der Waals surface area (Å²) in [5.74, 6) is -0.803. The number of carbonyl (C=O) groups is 2. The molecular formula is C20H23N7O2S. The Balaban J connectivity index is 1.86. The number of benzene rings is 1. The van der Waals surface area contributed by atoms with Crippen molar-refractivity contribution in [2.75, 3.05) is 5.32 Å². The van der Waals surface area contributed by atoms with Crippen LogP contribution in [0.25, 0.3) is 10.9 Å². The first-order valence-corrected chi connectivity index (χ1v) is 10.4. The predicted octanol–water partition coefficient (Wildman–Crippen LogP) is 2.97. The number of carbonyl (C=O) groups excluding carboxylic acids is 2. The smallest absolute Gasteiger partial charge is 0.273 e. The molecule has 0 aliphatic heterocycles. The molecule has 156 valence electrons. The van der Waals surface area contributed by atoms with Gasteiger partial charge in [-0.25, -0.2) is 0 Å². The maximum Gasteiger partial charge on any atom is 0.273 e. The third-order valence-electron chi connectivity index (χ3n) is 4.53. The Morgan fingerprint density at radius 1 is 1.30 bits per heavy atom. The largest absolute Gasteiger partial charge is 0.338 e. The van der Waals surface area contributed by atoms with E-state index in [1.54, 1.807) is 4.68 Å². The fraction of sp³-hybridized carbons (Fsp3) is 0.400. The monoisotopic (exact) mass is 425 g/mol. The maximum absolute atomic E-state index is 13.1. The summed E-state index contributed by atoms with van der Waals surface area (Å²) >= 11 is 1.20. The first-order valence-electron chi connectivity index (χ1n) is 9.51. The van der Waals surface area contributed by atoms with Gasteiger partial charge in [0.2, 0.25) is 11.0 Å². The van der Waals surface area contributed by atoms with Crippen LogP contribution in [0.4, 0.5) is 5.13 Å². The van der Waals surface area contributed by atoms with Gasteiger partial charge in [-0.3, -0.25) is 19.6 Å². The van der Waals surface area contributed by atoms with Crippen LogP contribution >= 0.6 is 11.3 Å². The van der Waals surface area contributed by atoms with Gasteiger partial charge in [-0.2, -0.15) is 10.4 Å². The molecule has 2 N–H and O–H groups in total. The van der Waals surface area contributed by atoms with Gasteiger partial charge >= 0.3 is 0 Å². The highest BCUT2D eigenvalue weighted by molar-refractivity contribution is 7.13. The van der Waals surface area contributed by atoms with E-state index in [1.807, 2.05) is 45.0 Å². The molecule has 2 heterocycles. The lowest BCUT2D eigenvalue weighted by Gasteiger charge is -2.29. The van der Waals surface area contributed by atoms with Crippen LogP contribution in [0.15, 0.2) is 29.8 Å².